The van der Waals surface area contributed by atoms with E-state index in [4.69, 9.17) is 9.47 Å². The molecule has 0 N–H and O–H groups in total. The number of benzene rings is 2. The van der Waals surface area contributed by atoms with Gasteiger partial charge < -0.3 is 19.3 Å². The Labute approximate surface area is 291 Å². The molecule has 6 nitrogen and oxygen atoms in total. The highest BCUT2D eigenvalue weighted by Gasteiger charge is 2.29. The van der Waals surface area contributed by atoms with E-state index in [0.717, 1.165) is 87.6 Å². The molecule has 2 aromatic carbocycles. The van der Waals surface area contributed by atoms with Crippen molar-refractivity contribution in [1.29, 1.82) is 0 Å². The lowest BCUT2D eigenvalue weighted by molar-refractivity contribution is 0.0810. The second kappa shape index (κ2) is 22.1. The van der Waals surface area contributed by atoms with Gasteiger partial charge in [-0.15, -0.1) is 0 Å². The third kappa shape index (κ3) is 13.3. The maximum absolute atomic E-state index is 14.2. The molecule has 2 aliphatic heterocycles. The number of rotatable bonds is 21. The Morgan fingerprint density at radius 3 is 1.23 bits per heavy atom. The van der Waals surface area contributed by atoms with E-state index in [1.807, 2.05) is 48.5 Å². The summed E-state index contributed by atoms with van der Waals surface area (Å²) in [6, 6.07) is 15.6. The molecule has 0 bridgehead atoms. The van der Waals surface area contributed by atoms with Crippen LogP contribution in [-0.2, 0) is 0 Å². The first kappa shape index (κ1) is 38.1. The Hall–Kier alpha value is -2.70. The Balaban J connectivity index is 1.48. The third-order valence-electron chi connectivity index (χ3n) is 10.3. The molecular weight excluding hydrogens is 596 g/mol. The SMILES string of the molecule is CCCCCOc1ccc(C(=O)C(CCC(CN2CCCCCC2)C(=O)c2ccc(OCCCCC)cc2)CN2CCCCCC2)cc1. The minimum absolute atomic E-state index is 0.141. The Morgan fingerprint density at radius 2 is 0.896 bits per heavy atom. The fourth-order valence-electron chi connectivity index (χ4n) is 7.26. The monoisotopic (exact) mass is 660 g/mol. The third-order valence-corrected chi connectivity index (χ3v) is 10.3. The lowest BCUT2D eigenvalue weighted by Gasteiger charge is -2.29. The van der Waals surface area contributed by atoms with Gasteiger partial charge in [-0.2, -0.15) is 0 Å². The van der Waals surface area contributed by atoms with E-state index in [0.29, 0.717) is 26.1 Å². The van der Waals surface area contributed by atoms with Crippen molar-refractivity contribution in [2.45, 2.75) is 117 Å². The van der Waals surface area contributed by atoms with Crippen molar-refractivity contribution in [2.75, 3.05) is 52.5 Å². The minimum Gasteiger partial charge on any atom is -0.494 e. The average molecular weight is 661 g/mol. The molecule has 0 aromatic heterocycles. The number of ketones is 2. The molecule has 48 heavy (non-hydrogen) atoms. The predicted molar refractivity (Wildman–Crippen MR) is 198 cm³/mol. The van der Waals surface area contributed by atoms with Gasteiger partial charge in [0.05, 0.1) is 13.2 Å². The molecule has 0 radical (unpaired) electrons. The predicted octanol–water partition coefficient (Wildman–Crippen LogP) is 9.65. The van der Waals surface area contributed by atoms with Gasteiger partial charge in [-0.25, -0.2) is 0 Å². The van der Waals surface area contributed by atoms with Gasteiger partial charge in [0, 0.05) is 36.1 Å². The molecule has 0 spiro atoms. The molecule has 266 valence electrons. The number of unbranched alkanes of at least 4 members (excludes halogenated alkanes) is 4. The van der Waals surface area contributed by atoms with Crippen LogP contribution in [0.5, 0.6) is 11.5 Å². The summed E-state index contributed by atoms with van der Waals surface area (Å²) in [5, 5.41) is 0. The van der Waals surface area contributed by atoms with E-state index in [9.17, 15) is 9.59 Å². The minimum atomic E-state index is -0.141. The van der Waals surface area contributed by atoms with Gasteiger partial charge in [0.2, 0.25) is 0 Å². The van der Waals surface area contributed by atoms with Crippen molar-refractivity contribution in [1.82, 2.24) is 9.80 Å². The van der Waals surface area contributed by atoms with Crippen LogP contribution in [0.4, 0.5) is 0 Å². The highest BCUT2D eigenvalue weighted by Crippen LogP contribution is 2.26. The maximum atomic E-state index is 14.2. The molecule has 2 fully saturated rings. The molecule has 6 heteroatoms. The van der Waals surface area contributed by atoms with Gasteiger partial charge in [-0.3, -0.25) is 9.59 Å². The van der Waals surface area contributed by atoms with Crippen LogP contribution in [0.15, 0.2) is 48.5 Å². The highest BCUT2D eigenvalue weighted by molar-refractivity contribution is 5.99. The second-order valence-corrected chi connectivity index (χ2v) is 14.3. The van der Waals surface area contributed by atoms with Crippen LogP contribution in [-0.4, -0.2) is 73.8 Å². The summed E-state index contributed by atoms with van der Waals surface area (Å²) in [5.74, 6) is 1.76. The fourth-order valence-corrected chi connectivity index (χ4v) is 7.26. The van der Waals surface area contributed by atoms with Crippen LogP contribution < -0.4 is 9.47 Å². The zero-order valence-corrected chi connectivity index (χ0v) is 30.3. The summed E-state index contributed by atoms with van der Waals surface area (Å²) in [6.07, 6.45) is 18.0. The van der Waals surface area contributed by atoms with E-state index in [1.165, 1.54) is 64.2 Å². The summed E-state index contributed by atoms with van der Waals surface area (Å²) < 4.78 is 11.9. The van der Waals surface area contributed by atoms with E-state index in [2.05, 4.69) is 23.6 Å². The van der Waals surface area contributed by atoms with Gasteiger partial charge in [0.1, 0.15) is 11.5 Å². The highest BCUT2D eigenvalue weighted by atomic mass is 16.5. The van der Waals surface area contributed by atoms with E-state index in [1.54, 1.807) is 0 Å². The van der Waals surface area contributed by atoms with Crippen molar-refractivity contribution in [3.05, 3.63) is 59.7 Å². The summed E-state index contributed by atoms with van der Waals surface area (Å²) in [7, 11) is 0. The van der Waals surface area contributed by atoms with E-state index >= 15 is 0 Å². The molecule has 2 heterocycles. The van der Waals surface area contributed by atoms with Crippen LogP contribution in [0.2, 0.25) is 0 Å². The largest absolute Gasteiger partial charge is 0.494 e. The molecule has 2 aliphatic rings. The van der Waals surface area contributed by atoms with Crippen LogP contribution in [0.3, 0.4) is 0 Å². The van der Waals surface area contributed by atoms with Gasteiger partial charge >= 0.3 is 0 Å². The molecule has 0 saturated carbocycles. The second-order valence-electron chi connectivity index (χ2n) is 14.3. The van der Waals surface area contributed by atoms with Crippen molar-refractivity contribution in [3.63, 3.8) is 0 Å². The van der Waals surface area contributed by atoms with Crippen molar-refractivity contribution in [3.8, 4) is 11.5 Å². The zero-order valence-electron chi connectivity index (χ0n) is 30.3. The summed E-state index contributed by atoms with van der Waals surface area (Å²) in [5.41, 5.74) is 1.50. The number of likely N-dealkylation sites (tertiary alicyclic amines) is 2. The quantitative estimate of drug-likeness (QED) is 0.0982. The number of nitrogens with zero attached hydrogens (tertiary/aromatic N) is 2. The molecule has 2 atom stereocenters. The lowest BCUT2D eigenvalue weighted by Crippen LogP contribution is -2.37. The number of hydrogen-bond acceptors (Lipinski definition) is 6. The van der Waals surface area contributed by atoms with Crippen LogP contribution in [0.1, 0.15) is 137 Å². The van der Waals surface area contributed by atoms with Crippen molar-refractivity contribution >= 4 is 11.6 Å². The average Bonchev–Trinajstić information content (AvgIpc) is 3.55. The van der Waals surface area contributed by atoms with Crippen LogP contribution in [0, 0.1) is 11.8 Å². The molecule has 0 amide bonds. The molecule has 2 saturated heterocycles. The molecule has 0 aliphatic carbocycles. The first-order chi connectivity index (χ1) is 23.6. The Bertz CT molecular complexity index is 1070. The number of Topliss-reactive ketones (excluding diaryl/α,β-unsaturated/α-hetero) is 2. The number of carbonyl (C=O) groups is 2. The van der Waals surface area contributed by atoms with E-state index < -0.39 is 0 Å². The van der Waals surface area contributed by atoms with E-state index in [-0.39, 0.29) is 23.4 Å². The smallest absolute Gasteiger partial charge is 0.167 e. The first-order valence-corrected chi connectivity index (χ1v) is 19.6. The van der Waals surface area contributed by atoms with Crippen molar-refractivity contribution < 1.29 is 19.1 Å². The lowest BCUT2D eigenvalue weighted by atomic mass is 9.86. The molecule has 2 aromatic rings. The normalized spacial score (nSPS) is 17.6. The summed E-state index contributed by atoms with van der Waals surface area (Å²) in [4.78, 5) is 33.4. The number of ether oxygens (including phenoxy) is 2. The summed E-state index contributed by atoms with van der Waals surface area (Å²) in [6.45, 7) is 11.5. The first-order valence-electron chi connectivity index (χ1n) is 19.6. The van der Waals surface area contributed by atoms with Gasteiger partial charge in [0.15, 0.2) is 11.6 Å². The maximum Gasteiger partial charge on any atom is 0.167 e. The zero-order chi connectivity index (χ0) is 33.8. The molecule has 4 rings (SSSR count). The fraction of sp³-hybridized carbons (Fsp3) is 0.667. The molecule has 2 unspecified atom stereocenters. The molecular formula is C42H64N2O4. The Kier molecular flexibility index (Phi) is 17.5. The van der Waals surface area contributed by atoms with Gasteiger partial charge in [0.25, 0.3) is 0 Å². The standard InChI is InChI=1S/C42H64N2O4/c1-3-5-15-31-47-39-23-19-35(20-24-39)41(45)37(33-43-27-11-7-8-12-28-43)17-18-38(34-44-29-13-9-10-14-30-44)42(46)36-21-25-40(26-22-36)48-32-16-6-4-2/h19-26,37-38H,3-18,27-34H2,1-2H3. The number of carbonyl (C=O) groups excluding carboxylic acids is 2. The number of hydrogen-bond donors (Lipinski definition) is 0. The van der Waals surface area contributed by atoms with Crippen LogP contribution >= 0.6 is 0 Å². The summed E-state index contributed by atoms with van der Waals surface area (Å²) >= 11 is 0. The Morgan fingerprint density at radius 1 is 0.542 bits per heavy atom. The topological polar surface area (TPSA) is 59.1 Å². The van der Waals surface area contributed by atoms with Crippen molar-refractivity contribution in [2.24, 2.45) is 11.8 Å². The van der Waals surface area contributed by atoms with Gasteiger partial charge in [-0.05, 0) is 126 Å². The van der Waals surface area contributed by atoms with Gasteiger partial charge in [-0.1, -0.05) is 65.2 Å². The van der Waals surface area contributed by atoms with Crippen LogP contribution in [0.25, 0.3) is 0 Å².